The minimum absolute atomic E-state index is 0. The van der Waals surface area contributed by atoms with Gasteiger partial charge in [0.1, 0.15) is 10.7 Å². The van der Waals surface area contributed by atoms with Crippen molar-refractivity contribution in [2.75, 3.05) is 6.54 Å². The van der Waals surface area contributed by atoms with Crippen molar-refractivity contribution in [3.05, 3.63) is 52.6 Å². The normalized spacial score (nSPS) is 10.0. The number of fused-ring (bicyclic) bond motifs is 1. The SMILES string of the molecule is Cl.Cl.NCc1nc(C(=O)NCCCn2ccc3ccccc32)cs1. The van der Waals surface area contributed by atoms with Gasteiger partial charge in [-0.15, -0.1) is 36.2 Å². The first-order valence-corrected chi connectivity index (χ1v) is 8.12. The molecule has 3 rings (SSSR count). The Hall–Kier alpha value is -1.60. The molecule has 0 bridgehead atoms. The third-order valence-corrected chi connectivity index (χ3v) is 4.37. The maximum Gasteiger partial charge on any atom is 0.270 e. The number of aryl methyl sites for hydroxylation is 1. The molecule has 0 aliphatic carbocycles. The molecule has 0 aliphatic rings. The van der Waals surface area contributed by atoms with Crippen molar-refractivity contribution in [3.63, 3.8) is 0 Å². The molecule has 24 heavy (non-hydrogen) atoms. The van der Waals surface area contributed by atoms with E-state index in [4.69, 9.17) is 5.73 Å². The van der Waals surface area contributed by atoms with Crippen LogP contribution in [-0.4, -0.2) is 22.0 Å². The number of nitrogens with two attached hydrogens (primary N) is 1. The van der Waals surface area contributed by atoms with Crippen LogP contribution in [0.4, 0.5) is 0 Å². The number of hydrogen-bond donors (Lipinski definition) is 2. The standard InChI is InChI=1S/C16H18N4OS.2ClH/c17-10-15-19-13(11-22-15)16(21)18-7-3-8-20-9-6-12-4-1-2-5-14(12)20;;/h1-2,4-6,9,11H,3,7-8,10,17H2,(H,18,21);2*1H. The Balaban J connectivity index is 0.00000144. The van der Waals surface area contributed by atoms with Crippen molar-refractivity contribution in [1.82, 2.24) is 14.9 Å². The number of nitrogens with zero attached hydrogens (tertiary/aromatic N) is 2. The third-order valence-electron chi connectivity index (χ3n) is 3.50. The maximum atomic E-state index is 11.9. The number of amides is 1. The summed E-state index contributed by atoms with van der Waals surface area (Å²) in [5.74, 6) is -0.131. The average Bonchev–Trinajstić information content (AvgIpc) is 3.18. The van der Waals surface area contributed by atoms with E-state index in [1.165, 1.54) is 22.2 Å². The van der Waals surface area contributed by atoms with Crippen molar-refractivity contribution in [2.24, 2.45) is 5.73 Å². The van der Waals surface area contributed by atoms with Gasteiger partial charge in [0.05, 0.1) is 0 Å². The smallest absolute Gasteiger partial charge is 0.270 e. The van der Waals surface area contributed by atoms with Gasteiger partial charge in [-0.25, -0.2) is 4.98 Å². The Morgan fingerprint density at radius 3 is 2.79 bits per heavy atom. The number of carbonyl (C=O) groups is 1. The minimum Gasteiger partial charge on any atom is -0.351 e. The van der Waals surface area contributed by atoms with Gasteiger partial charge in [0.25, 0.3) is 5.91 Å². The van der Waals surface area contributed by atoms with Crippen molar-refractivity contribution in [3.8, 4) is 0 Å². The second-order valence-corrected chi connectivity index (χ2v) is 5.95. The molecule has 3 N–H and O–H groups in total. The molecule has 0 radical (unpaired) electrons. The lowest BCUT2D eigenvalue weighted by molar-refractivity contribution is 0.0948. The Bertz CT molecular complexity index is 787. The van der Waals surface area contributed by atoms with Crippen LogP contribution in [0.1, 0.15) is 21.9 Å². The molecule has 1 aromatic carbocycles. The first kappa shape index (κ1) is 20.4. The van der Waals surface area contributed by atoms with Crippen molar-refractivity contribution < 1.29 is 4.79 Å². The number of thiazole rings is 1. The molecule has 5 nitrogen and oxygen atoms in total. The van der Waals surface area contributed by atoms with E-state index in [0.717, 1.165) is 18.0 Å². The lowest BCUT2D eigenvalue weighted by Gasteiger charge is -2.06. The van der Waals surface area contributed by atoms with Crippen LogP contribution in [0.5, 0.6) is 0 Å². The van der Waals surface area contributed by atoms with Gasteiger partial charge in [-0.05, 0) is 23.9 Å². The van der Waals surface area contributed by atoms with Crippen molar-refractivity contribution in [2.45, 2.75) is 19.5 Å². The van der Waals surface area contributed by atoms with E-state index in [9.17, 15) is 4.79 Å². The second kappa shape index (κ2) is 9.64. The van der Waals surface area contributed by atoms with Gasteiger partial charge in [-0.1, -0.05) is 18.2 Å². The van der Waals surface area contributed by atoms with E-state index >= 15 is 0 Å². The van der Waals surface area contributed by atoms with Gasteiger partial charge in [0, 0.05) is 36.7 Å². The number of rotatable bonds is 6. The van der Waals surface area contributed by atoms with E-state index in [-0.39, 0.29) is 30.7 Å². The summed E-state index contributed by atoms with van der Waals surface area (Å²) in [4.78, 5) is 16.1. The molecule has 2 aromatic heterocycles. The topological polar surface area (TPSA) is 72.9 Å². The molecule has 130 valence electrons. The summed E-state index contributed by atoms with van der Waals surface area (Å²) >= 11 is 1.42. The van der Waals surface area contributed by atoms with Crippen LogP contribution in [0, 0.1) is 0 Å². The lowest BCUT2D eigenvalue weighted by Crippen LogP contribution is -2.25. The molecular formula is C16H20Cl2N4OS. The quantitative estimate of drug-likeness (QED) is 0.638. The molecule has 0 spiro atoms. The first-order chi connectivity index (χ1) is 10.8. The number of aromatic nitrogens is 2. The van der Waals surface area contributed by atoms with Crippen molar-refractivity contribution in [1.29, 1.82) is 0 Å². The molecule has 0 saturated carbocycles. The van der Waals surface area contributed by atoms with E-state index in [2.05, 4.69) is 39.3 Å². The highest BCUT2D eigenvalue weighted by Gasteiger charge is 2.09. The Morgan fingerprint density at radius 1 is 1.25 bits per heavy atom. The molecule has 0 unspecified atom stereocenters. The fourth-order valence-corrected chi connectivity index (χ4v) is 3.04. The summed E-state index contributed by atoms with van der Waals surface area (Å²) in [7, 11) is 0. The van der Waals surface area contributed by atoms with Crippen LogP contribution >= 0.6 is 36.2 Å². The molecule has 3 aromatic rings. The summed E-state index contributed by atoms with van der Waals surface area (Å²) in [5.41, 5.74) is 7.18. The zero-order valence-corrected chi connectivity index (χ0v) is 15.4. The summed E-state index contributed by atoms with van der Waals surface area (Å²) in [5, 5.41) is 6.67. The number of para-hydroxylation sites is 1. The largest absolute Gasteiger partial charge is 0.351 e. The molecular weight excluding hydrogens is 367 g/mol. The highest BCUT2D eigenvalue weighted by Crippen LogP contribution is 2.15. The lowest BCUT2D eigenvalue weighted by atomic mass is 10.2. The zero-order valence-electron chi connectivity index (χ0n) is 13.0. The minimum atomic E-state index is -0.131. The number of halogens is 2. The number of benzene rings is 1. The number of carbonyl (C=O) groups excluding carboxylic acids is 1. The van der Waals surface area contributed by atoms with Gasteiger partial charge in [0.2, 0.25) is 0 Å². The van der Waals surface area contributed by atoms with Gasteiger partial charge in [0.15, 0.2) is 0 Å². The second-order valence-electron chi connectivity index (χ2n) is 5.01. The Morgan fingerprint density at radius 2 is 2.04 bits per heavy atom. The van der Waals surface area contributed by atoms with Crippen LogP contribution in [-0.2, 0) is 13.1 Å². The molecule has 0 atom stereocenters. The molecule has 8 heteroatoms. The van der Waals surface area contributed by atoms with Crippen LogP contribution in [0.3, 0.4) is 0 Å². The van der Waals surface area contributed by atoms with Gasteiger partial charge >= 0.3 is 0 Å². The predicted molar refractivity (Wildman–Crippen MR) is 103 cm³/mol. The molecule has 1 amide bonds. The molecule has 0 aliphatic heterocycles. The Labute approximate surface area is 157 Å². The number of nitrogens with one attached hydrogen (secondary N) is 1. The zero-order chi connectivity index (χ0) is 15.4. The van der Waals surface area contributed by atoms with Gasteiger partial charge in [-0.2, -0.15) is 0 Å². The van der Waals surface area contributed by atoms with E-state index in [1.54, 1.807) is 5.38 Å². The van der Waals surface area contributed by atoms with Crippen LogP contribution in [0.25, 0.3) is 10.9 Å². The fourth-order valence-electron chi connectivity index (χ4n) is 2.39. The van der Waals surface area contributed by atoms with E-state index in [1.807, 2.05) is 12.1 Å². The average molecular weight is 387 g/mol. The summed E-state index contributed by atoms with van der Waals surface area (Å²) in [6.07, 6.45) is 2.96. The van der Waals surface area contributed by atoms with E-state index < -0.39 is 0 Å². The maximum absolute atomic E-state index is 11.9. The summed E-state index contributed by atoms with van der Waals surface area (Å²) < 4.78 is 2.21. The van der Waals surface area contributed by atoms with Crippen LogP contribution in [0.2, 0.25) is 0 Å². The van der Waals surface area contributed by atoms with Crippen molar-refractivity contribution >= 4 is 53.0 Å². The van der Waals surface area contributed by atoms with Gasteiger partial charge < -0.3 is 15.6 Å². The number of hydrogen-bond acceptors (Lipinski definition) is 4. The monoisotopic (exact) mass is 386 g/mol. The summed E-state index contributed by atoms with van der Waals surface area (Å²) in [6, 6.07) is 10.4. The summed E-state index contributed by atoms with van der Waals surface area (Å²) in [6.45, 7) is 1.87. The molecule has 0 fully saturated rings. The Kier molecular flexibility index (Phi) is 8.21. The third kappa shape index (κ3) is 4.70. The van der Waals surface area contributed by atoms with E-state index in [0.29, 0.717) is 18.8 Å². The van der Waals surface area contributed by atoms with Crippen LogP contribution in [0.15, 0.2) is 41.9 Å². The molecule has 0 saturated heterocycles. The van der Waals surface area contributed by atoms with Gasteiger partial charge in [-0.3, -0.25) is 4.79 Å². The fraction of sp³-hybridized carbons (Fsp3) is 0.250. The highest BCUT2D eigenvalue weighted by molar-refractivity contribution is 7.09. The first-order valence-electron chi connectivity index (χ1n) is 7.24. The predicted octanol–water partition coefficient (Wildman–Crippen LogP) is 3.22. The van der Waals surface area contributed by atoms with Crippen LogP contribution < -0.4 is 11.1 Å². The highest BCUT2D eigenvalue weighted by atomic mass is 35.5. The molecule has 2 heterocycles.